The van der Waals surface area contributed by atoms with Gasteiger partial charge in [-0.15, -0.1) is 0 Å². The number of esters is 1. The van der Waals surface area contributed by atoms with E-state index in [2.05, 4.69) is 42.3 Å². The Balaban J connectivity index is 1.91. The highest BCUT2D eigenvalue weighted by Gasteiger charge is 2.49. The molecule has 3 rings (SSSR count). The van der Waals surface area contributed by atoms with E-state index >= 15 is 0 Å². The SMILES string of the molecule is C/C=C\c1ccc([C@H]2CC3CCC(C2C(=O)OC)N3C)cc1. The molecule has 0 amide bonds. The van der Waals surface area contributed by atoms with Crippen LogP contribution in [0.3, 0.4) is 0 Å². The van der Waals surface area contributed by atoms with E-state index in [1.54, 1.807) is 0 Å². The lowest BCUT2D eigenvalue weighted by atomic mass is 9.76. The van der Waals surface area contributed by atoms with E-state index in [9.17, 15) is 4.79 Å². The van der Waals surface area contributed by atoms with Crippen molar-refractivity contribution in [3.63, 3.8) is 0 Å². The van der Waals surface area contributed by atoms with Gasteiger partial charge in [0.1, 0.15) is 0 Å². The van der Waals surface area contributed by atoms with E-state index in [1.807, 2.05) is 13.0 Å². The number of rotatable bonds is 3. The number of hydrogen-bond acceptors (Lipinski definition) is 3. The number of fused-ring (bicyclic) bond motifs is 2. The molecule has 4 atom stereocenters. The van der Waals surface area contributed by atoms with Gasteiger partial charge in [0.2, 0.25) is 0 Å². The van der Waals surface area contributed by atoms with E-state index in [0.717, 1.165) is 12.8 Å². The van der Waals surface area contributed by atoms with Gasteiger partial charge >= 0.3 is 5.97 Å². The largest absolute Gasteiger partial charge is 0.469 e. The number of carbonyl (C=O) groups is 1. The molecule has 2 heterocycles. The van der Waals surface area contributed by atoms with Crippen molar-refractivity contribution >= 4 is 12.0 Å². The lowest BCUT2D eigenvalue weighted by molar-refractivity contribution is -0.150. The third-order valence-corrected chi connectivity index (χ3v) is 5.47. The van der Waals surface area contributed by atoms with Crippen molar-refractivity contribution in [3.8, 4) is 0 Å². The van der Waals surface area contributed by atoms with Gasteiger partial charge in [0, 0.05) is 18.0 Å². The van der Waals surface area contributed by atoms with Crippen molar-refractivity contribution in [2.24, 2.45) is 5.92 Å². The van der Waals surface area contributed by atoms with Gasteiger partial charge in [-0.2, -0.15) is 0 Å². The summed E-state index contributed by atoms with van der Waals surface area (Å²) in [4.78, 5) is 14.8. The minimum Gasteiger partial charge on any atom is -0.469 e. The molecule has 3 heteroatoms. The van der Waals surface area contributed by atoms with E-state index < -0.39 is 0 Å². The van der Waals surface area contributed by atoms with Gasteiger partial charge < -0.3 is 4.74 Å². The lowest BCUT2D eigenvalue weighted by Crippen LogP contribution is -2.49. The number of ether oxygens (including phenoxy) is 1. The quantitative estimate of drug-likeness (QED) is 0.801. The number of carbonyl (C=O) groups excluding carboxylic acids is 1. The fourth-order valence-electron chi connectivity index (χ4n) is 4.31. The second-order valence-electron chi connectivity index (χ2n) is 6.52. The normalized spacial score (nSPS) is 31.6. The molecule has 2 fully saturated rings. The van der Waals surface area contributed by atoms with Crippen LogP contribution < -0.4 is 0 Å². The second-order valence-corrected chi connectivity index (χ2v) is 6.52. The molecule has 0 aromatic heterocycles. The summed E-state index contributed by atoms with van der Waals surface area (Å²) in [5.41, 5.74) is 2.48. The molecular formula is C19H25NO2. The summed E-state index contributed by atoms with van der Waals surface area (Å²) in [7, 11) is 3.67. The number of nitrogens with zero attached hydrogens (tertiary/aromatic N) is 1. The first-order valence-corrected chi connectivity index (χ1v) is 8.18. The average molecular weight is 299 g/mol. The van der Waals surface area contributed by atoms with Crippen LogP contribution in [-0.4, -0.2) is 37.1 Å². The van der Waals surface area contributed by atoms with Crippen LogP contribution in [0, 0.1) is 5.92 Å². The zero-order valence-electron chi connectivity index (χ0n) is 13.7. The average Bonchev–Trinajstić information content (AvgIpc) is 2.77. The van der Waals surface area contributed by atoms with Crippen LogP contribution in [0.25, 0.3) is 6.08 Å². The van der Waals surface area contributed by atoms with Crippen LogP contribution in [0.1, 0.15) is 43.2 Å². The van der Waals surface area contributed by atoms with E-state index in [1.165, 1.54) is 24.7 Å². The lowest BCUT2D eigenvalue weighted by Gasteiger charge is -2.41. The molecule has 118 valence electrons. The predicted molar refractivity (Wildman–Crippen MR) is 88.6 cm³/mol. The van der Waals surface area contributed by atoms with E-state index in [-0.39, 0.29) is 17.8 Å². The van der Waals surface area contributed by atoms with Gasteiger partial charge in [0.15, 0.2) is 0 Å². The third kappa shape index (κ3) is 2.58. The molecule has 3 nitrogen and oxygen atoms in total. The summed E-state index contributed by atoms with van der Waals surface area (Å²) in [6.45, 7) is 2.02. The summed E-state index contributed by atoms with van der Waals surface area (Å²) >= 11 is 0. The molecule has 2 aliphatic heterocycles. The van der Waals surface area contributed by atoms with Gasteiger partial charge in [-0.05, 0) is 44.4 Å². The monoisotopic (exact) mass is 299 g/mol. The zero-order valence-corrected chi connectivity index (χ0v) is 13.7. The standard InChI is InChI=1S/C19H25NO2/c1-4-5-13-6-8-14(9-7-13)16-12-15-10-11-17(20(15)2)18(16)19(21)22-3/h4-9,15-18H,10-12H2,1-3H3/b5-4-/t15?,16-,17?,18?/m1/s1. The van der Waals surface area contributed by atoms with Crippen LogP contribution in [0.5, 0.6) is 0 Å². The number of methoxy groups -OCH3 is 1. The Kier molecular flexibility index (Phi) is 4.34. The third-order valence-electron chi connectivity index (χ3n) is 5.47. The van der Waals surface area contributed by atoms with E-state index in [4.69, 9.17) is 4.74 Å². The Labute approximate surface area is 133 Å². The zero-order chi connectivity index (χ0) is 15.7. The van der Waals surface area contributed by atoms with Crippen molar-refractivity contribution in [2.45, 2.75) is 44.2 Å². The first-order valence-electron chi connectivity index (χ1n) is 8.18. The maximum absolute atomic E-state index is 12.4. The summed E-state index contributed by atoms with van der Waals surface area (Å²) in [5, 5.41) is 0. The van der Waals surface area contributed by atoms with Gasteiger partial charge in [-0.25, -0.2) is 0 Å². The van der Waals surface area contributed by atoms with Gasteiger partial charge in [-0.3, -0.25) is 9.69 Å². The summed E-state index contributed by atoms with van der Waals surface area (Å²) < 4.78 is 5.13. The molecule has 0 spiro atoms. The molecule has 0 N–H and O–H groups in total. The minimum atomic E-state index is -0.0558. The Bertz CT molecular complexity index is 563. The van der Waals surface area contributed by atoms with Crippen LogP contribution in [0.2, 0.25) is 0 Å². The highest BCUT2D eigenvalue weighted by molar-refractivity contribution is 5.75. The summed E-state index contributed by atoms with van der Waals surface area (Å²) in [6, 6.07) is 9.58. The first-order chi connectivity index (χ1) is 10.7. The Hall–Kier alpha value is -1.61. The van der Waals surface area contributed by atoms with Crippen molar-refractivity contribution in [1.82, 2.24) is 4.90 Å². The second kappa shape index (κ2) is 6.25. The maximum Gasteiger partial charge on any atom is 0.310 e. The molecule has 22 heavy (non-hydrogen) atoms. The fraction of sp³-hybridized carbons (Fsp3) is 0.526. The van der Waals surface area contributed by atoms with Crippen molar-refractivity contribution in [1.29, 1.82) is 0 Å². The predicted octanol–water partition coefficient (Wildman–Crippen LogP) is 3.46. The molecule has 0 radical (unpaired) electrons. The van der Waals surface area contributed by atoms with Crippen LogP contribution in [0.15, 0.2) is 30.3 Å². The molecule has 1 aromatic carbocycles. The van der Waals surface area contributed by atoms with Crippen LogP contribution >= 0.6 is 0 Å². The smallest absolute Gasteiger partial charge is 0.310 e. The fourth-order valence-corrected chi connectivity index (χ4v) is 4.31. The molecule has 2 aliphatic rings. The summed E-state index contributed by atoms with van der Waals surface area (Å²) in [6.07, 6.45) is 7.49. The van der Waals surface area contributed by atoms with Crippen molar-refractivity contribution in [2.75, 3.05) is 14.2 Å². The topological polar surface area (TPSA) is 29.5 Å². The number of piperidine rings is 1. The van der Waals surface area contributed by atoms with Gasteiger partial charge in [0.25, 0.3) is 0 Å². The number of hydrogen-bond donors (Lipinski definition) is 0. The van der Waals surface area contributed by atoms with Crippen molar-refractivity contribution in [3.05, 3.63) is 41.5 Å². The summed E-state index contributed by atoms with van der Waals surface area (Å²) in [5.74, 6) is 0.182. The molecule has 3 unspecified atom stereocenters. The minimum absolute atomic E-state index is 0.0404. The van der Waals surface area contributed by atoms with Crippen molar-refractivity contribution < 1.29 is 9.53 Å². The number of allylic oxidation sites excluding steroid dienone is 1. The molecule has 1 aromatic rings. The Morgan fingerprint density at radius 1 is 1.27 bits per heavy atom. The van der Waals surface area contributed by atoms with E-state index in [0.29, 0.717) is 12.1 Å². The Morgan fingerprint density at radius 3 is 2.64 bits per heavy atom. The first kappa shape index (κ1) is 15.3. The molecule has 0 aliphatic carbocycles. The maximum atomic E-state index is 12.4. The Morgan fingerprint density at radius 2 is 2.00 bits per heavy atom. The highest BCUT2D eigenvalue weighted by atomic mass is 16.5. The van der Waals surface area contributed by atoms with Crippen LogP contribution in [-0.2, 0) is 9.53 Å². The van der Waals surface area contributed by atoms with Crippen LogP contribution in [0.4, 0.5) is 0 Å². The molecular weight excluding hydrogens is 274 g/mol. The van der Waals surface area contributed by atoms with Gasteiger partial charge in [-0.1, -0.05) is 36.4 Å². The molecule has 2 bridgehead atoms. The molecule has 2 saturated heterocycles. The van der Waals surface area contributed by atoms with Gasteiger partial charge in [0.05, 0.1) is 13.0 Å². The highest BCUT2D eigenvalue weighted by Crippen LogP contribution is 2.46. The molecule has 0 saturated carbocycles. The number of benzene rings is 1.